The number of fused-ring (bicyclic) bond motifs is 8. The van der Waals surface area contributed by atoms with Gasteiger partial charge >= 0.3 is 0 Å². The monoisotopic (exact) mass is 706 g/mol. The molecule has 0 spiro atoms. The molecule has 8 aliphatic rings. The fourth-order valence-corrected chi connectivity index (χ4v) is 12.9. The fraction of sp³-hybridized carbons (Fsp3) is 0.407. The zero-order valence-electron chi connectivity index (χ0n) is 34.2. The number of aryl methyl sites for hydroxylation is 3. The smallest absolute Gasteiger partial charge is 0.0145 e. The first-order valence-corrected chi connectivity index (χ1v) is 21.4. The zero-order valence-corrected chi connectivity index (χ0v) is 34.2. The van der Waals surface area contributed by atoms with E-state index in [1.54, 1.807) is 78.0 Å². The lowest BCUT2D eigenvalue weighted by atomic mass is 9.61. The van der Waals surface area contributed by atoms with E-state index in [4.69, 9.17) is 0 Å². The molecule has 10 rings (SSSR count). The summed E-state index contributed by atoms with van der Waals surface area (Å²) in [4.78, 5) is 0. The van der Waals surface area contributed by atoms with Crippen molar-refractivity contribution < 1.29 is 0 Å². The average Bonchev–Trinajstić information content (AvgIpc) is 3.62. The molecule has 0 amide bonds. The quantitative estimate of drug-likeness (QED) is 0.272. The summed E-state index contributed by atoms with van der Waals surface area (Å²) in [5.74, 6) is 2.20. The van der Waals surface area contributed by atoms with E-state index in [9.17, 15) is 0 Å². The van der Waals surface area contributed by atoms with E-state index in [-0.39, 0.29) is 0 Å². The molecule has 8 aliphatic carbocycles. The molecule has 0 aliphatic heterocycles. The van der Waals surface area contributed by atoms with Gasteiger partial charge in [-0.2, -0.15) is 0 Å². The Hall–Kier alpha value is -4.16. The highest BCUT2D eigenvalue weighted by atomic mass is 14.5. The maximum Gasteiger partial charge on any atom is 0.0145 e. The van der Waals surface area contributed by atoms with E-state index < -0.39 is 0 Å². The lowest BCUT2D eigenvalue weighted by Crippen LogP contribution is -2.27. The van der Waals surface area contributed by atoms with Crippen LogP contribution >= 0.6 is 0 Å². The van der Waals surface area contributed by atoms with Crippen molar-refractivity contribution in [3.05, 3.63) is 172 Å². The highest BCUT2D eigenvalue weighted by Crippen LogP contribution is 2.64. The average molecular weight is 707 g/mol. The number of rotatable bonds is 5. The van der Waals surface area contributed by atoms with Crippen LogP contribution in [0, 0.1) is 38.5 Å². The first kappa shape index (κ1) is 34.3. The topological polar surface area (TPSA) is 0 Å². The van der Waals surface area contributed by atoms with Crippen molar-refractivity contribution in [1.29, 1.82) is 0 Å². The third-order valence-corrected chi connectivity index (χ3v) is 14.7. The Balaban J connectivity index is 1.07. The first-order chi connectivity index (χ1) is 26.1. The minimum Gasteiger partial charge on any atom is -0.0819 e. The SMILES string of the molecule is CCC=C(C)C=C(C)Cc1ccc2c(c1)C1CC3=C(CCC4=C3CC3C5=C(CCC(c6c(C)cc(C)cc6C)=C5)C5=CCC(C)C4=C53)C3=C1C2=CCC3C. The second-order valence-corrected chi connectivity index (χ2v) is 18.4. The van der Waals surface area contributed by atoms with E-state index >= 15 is 0 Å². The molecule has 54 heavy (non-hydrogen) atoms. The predicted octanol–water partition coefficient (Wildman–Crippen LogP) is 14.5. The van der Waals surface area contributed by atoms with Crippen LogP contribution in [0.15, 0.2) is 133 Å². The van der Waals surface area contributed by atoms with Gasteiger partial charge in [-0.25, -0.2) is 0 Å². The Labute approximate surface area is 325 Å². The summed E-state index contributed by atoms with van der Waals surface area (Å²) in [5.41, 5.74) is 35.4. The van der Waals surface area contributed by atoms with Gasteiger partial charge < -0.3 is 0 Å². The second kappa shape index (κ2) is 12.7. The van der Waals surface area contributed by atoms with Gasteiger partial charge in [0.1, 0.15) is 0 Å². The Kier molecular flexibility index (Phi) is 8.07. The molecule has 4 unspecified atom stereocenters. The standard InChI is InChI=1S/C54H58/c1-9-10-29(2)21-30(3)24-36-13-17-38-40-15-11-32(5)51-42-19-20-43-47(46(42)27-48(53(40)51)44(38)25-36)28-49-45-26-37(50-34(7)22-31(4)23-35(50)8)14-18-39(45)41-16-12-33(6)52(43)54(41)49/h10,13,15-17,21-23,25-26,32-33,48-49H,9,11-12,14,18-20,24,27-28H2,1-8H3. The van der Waals surface area contributed by atoms with Gasteiger partial charge in [0, 0.05) is 11.8 Å². The summed E-state index contributed by atoms with van der Waals surface area (Å²) in [6.45, 7) is 18.8. The van der Waals surface area contributed by atoms with Crippen LogP contribution in [0.2, 0.25) is 0 Å². The maximum absolute atomic E-state index is 2.69. The molecule has 0 fully saturated rings. The molecule has 0 saturated carbocycles. The van der Waals surface area contributed by atoms with Gasteiger partial charge in [0.25, 0.3) is 0 Å². The summed E-state index contributed by atoms with van der Waals surface area (Å²) in [6, 6.07) is 12.3. The van der Waals surface area contributed by atoms with Gasteiger partial charge in [0.15, 0.2) is 0 Å². The molecular weight excluding hydrogens is 649 g/mol. The van der Waals surface area contributed by atoms with Crippen molar-refractivity contribution in [1.82, 2.24) is 0 Å². The molecule has 274 valence electrons. The number of hydrogen-bond acceptors (Lipinski definition) is 0. The summed E-state index contributed by atoms with van der Waals surface area (Å²) in [5, 5.41) is 0. The maximum atomic E-state index is 2.69. The van der Waals surface area contributed by atoms with E-state index in [1.807, 2.05) is 0 Å². The zero-order chi connectivity index (χ0) is 37.2. The van der Waals surface area contributed by atoms with Gasteiger partial charge in [-0.1, -0.05) is 98.2 Å². The summed E-state index contributed by atoms with van der Waals surface area (Å²) < 4.78 is 0. The highest BCUT2D eigenvalue weighted by molar-refractivity contribution is 5.92. The molecule has 0 heterocycles. The molecule has 4 atom stereocenters. The van der Waals surface area contributed by atoms with Crippen molar-refractivity contribution in [3.8, 4) is 0 Å². The molecule has 0 bridgehead atoms. The lowest BCUT2D eigenvalue weighted by molar-refractivity contribution is 0.581. The van der Waals surface area contributed by atoms with E-state index in [1.165, 1.54) is 89.5 Å². The Morgan fingerprint density at radius 2 is 1.33 bits per heavy atom. The largest absolute Gasteiger partial charge is 0.0819 e. The molecule has 0 heteroatoms. The van der Waals surface area contributed by atoms with Crippen molar-refractivity contribution in [2.45, 2.75) is 126 Å². The summed E-state index contributed by atoms with van der Waals surface area (Å²) in [6.07, 6.45) is 24.3. The van der Waals surface area contributed by atoms with Crippen LogP contribution in [0.3, 0.4) is 0 Å². The third-order valence-electron chi connectivity index (χ3n) is 14.7. The number of hydrogen-bond donors (Lipinski definition) is 0. The Morgan fingerprint density at radius 3 is 2.02 bits per heavy atom. The number of benzene rings is 2. The summed E-state index contributed by atoms with van der Waals surface area (Å²) in [7, 11) is 0. The third kappa shape index (κ3) is 5.07. The van der Waals surface area contributed by atoms with Gasteiger partial charge in [0.05, 0.1) is 0 Å². The van der Waals surface area contributed by atoms with Crippen LogP contribution in [-0.2, 0) is 6.42 Å². The minimum absolute atomic E-state index is 0.488. The second-order valence-electron chi connectivity index (χ2n) is 18.4. The minimum atomic E-state index is 0.488. The van der Waals surface area contributed by atoms with Crippen molar-refractivity contribution in [2.24, 2.45) is 17.8 Å². The van der Waals surface area contributed by atoms with Gasteiger partial charge in [-0.05, 0) is 216 Å². The molecule has 0 nitrogen and oxygen atoms in total. The molecule has 2 aromatic carbocycles. The van der Waals surface area contributed by atoms with Crippen molar-refractivity contribution in [3.63, 3.8) is 0 Å². The van der Waals surface area contributed by atoms with Crippen molar-refractivity contribution in [2.75, 3.05) is 0 Å². The van der Waals surface area contributed by atoms with Crippen LogP contribution in [0.25, 0.3) is 11.1 Å². The Morgan fingerprint density at radius 1 is 0.704 bits per heavy atom. The Bertz CT molecular complexity index is 2380. The van der Waals surface area contributed by atoms with E-state index in [2.05, 4.69) is 116 Å². The fourth-order valence-electron chi connectivity index (χ4n) is 12.9. The molecular formula is C54H58. The molecule has 0 radical (unpaired) electrons. The lowest BCUT2D eigenvalue weighted by Gasteiger charge is -2.43. The normalized spacial score (nSPS) is 27.0. The van der Waals surface area contributed by atoms with Crippen LogP contribution < -0.4 is 0 Å². The van der Waals surface area contributed by atoms with Gasteiger partial charge in [-0.3, -0.25) is 0 Å². The van der Waals surface area contributed by atoms with Crippen LogP contribution in [0.4, 0.5) is 0 Å². The van der Waals surface area contributed by atoms with Crippen LogP contribution in [-0.4, -0.2) is 0 Å². The van der Waals surface area contributed by atoms with Gasteiger partial charge in [-0.15, -0.1) is 0 Å². The van der Waals surface area contributed by atoms with Crippen molar-refractivity contribution >= 4 is 11.1 Å². The molecule has 2 aromatic rings. The van der Waals surface area contributed by atoms with E-state index in [0.29, 0.717) is 23.7 Å². The molecule has 0 aromatic heterocycles. The predicted molar refractivity (Wildman–Crippen MR) is 229 cm³/mol. The number of allylic oxidation sites excluding steroid dienone is 20. The van der Waals surface area contributed by atoms with Crippen LogP contribution in [0.5, 0.6) is 0 Å². The van der Waals surface area contributed by atoms with Crippen LogP contribution in [0.1, 0.15) is 137 Å². The van der Waals surface area contributed by atoms with E-state index in [0.717, 1.165) is 19.3 Å². The highest BCUT2D eigenvalue weighted by Gasteiger charge is 2.48. The molecule has 0 saturated heterocycles. The molecule has 0 N–H and O–H groups in total. The first-order valence-electron chi connectivity index (χ1n) is 21.4. The van der Waals surface area contributed by atoms with Gasteiger partial charge in [0.2, 0.25) is 0 Å². The summed E-state index contributed by atoms with van der Waals surface area (Å²) >= 11 is 0.